The lowest BCUT2D eigenvalue weighted by molar-refractivity contribution is -0.153. The molecule has 0 heterocycles. The minimum atomic E-state index is -0.833. The quantitative estimate of drug-likeness (QED) is 0.0203. The monoisotopic (exact) mass is 1360 g/mol. The number of carboxylic acids is 2. The van der Waals surface area contributed by atoms with Gasteiger partial charge in [0, 0.05) is 51.4 Å². The summed E-state index contributed by atoms with van der Waals surface area (Å²) in [6.45, 7) is 31.7. The molecule has 21 atom stereocenters. The summed E-state index contributed by atoms with van der Waals surface area (Å²) in [4.78, 5) is 75.5. The van der Waals surface area contributed by atoms with E-state index in [9.17, 15) is 39.0 Å². The first kappa shape index (κ1) is 88.0. The summed E-state index contributed by atoms with van der Waals surface area (Å²) in [6.07, 6.45) is 36.6. The number of ketones is 3. The van der Waals surface area contributed by atoms with Gasteiger partial charge < -0.3 is 35.0 Å². The maximum atomic E-state index is 11.8. The van der Waals surface area contributed by atoms with Crippen molar-refractivity contribution in [3.8, 4) is 35.5 Å². The van der Waals surface area contributed by atoms with Gasteiger partial charge in [-0.1, -0.05) is 120 Å². The molecule has 0 aromatic carbocycles. The Balaban J connectivity index is 0.000000467. The molecular formula is C84H128O14. The van der Waals surface area contributed by atoms with E-state index in [4.69, 9.17) is 29.6 Å². The molecule has 0 bridgehead atoms. The Morgan fingerprint density at radius 3 is 1.14 bits per heavy atom. The fourth-order valence-electron chi connectivity index (χ4n) is 14.6. The van der Waals surface area contributed by atoms with Gasteiger partial charge in [-0.2, -0.15) is 0 Å². The van der Waals surface area contributed by atoms with Crippen LogP contribution in [0.2, 0.25) is 0 Å². The first-order valence-corrected chi connectivity index (χ1v) is 36.9. The van der Waals surface area contributed by atoms with Gasteiger partial charge in [0.2, 0.25) is 0 Å². The first-order chi connectivity index (χ1) is 46.2. The van der Waals surface area contributed by atoms with Crippen molar-refractivity contribution in [3.63, 3.8) is 0 Å². The smallest absolute Gasteiger partial charge is 0.306 e. The number of aliphatic hydroxyl groups is 3. The third-order valence-corrected chi connectivity index (χ3v) is 21.4. The number of carbonyl (C=O) groups excluding carboxylic acids is 5. The molecule has 0 aromatic rings. The molecule has 5 N–H and O–H groups in total. The number of aliphatic carboxylic acids is 2. The largest absolute Gasteiger partial charge is 0.481 e. The van der Waals surface area contributed by atoms with Gasteiger partial charge in [0.1, 0.15) is 6.10 Å². The number of fused-ring (bicyclic) bond motifs is 3. The van der Waals surface area contributed by atoms with Crippen molar-refractivity contribution < 1.29 is 68.6 Å². The minimum absolute atomic E-state index is 0.0715. The number of rotatable bonds is 29. The highest BCUT2D eigenvalue weighted by atomic mass is 16.6. The lowest BCUT2D eigenvalue weighted by Crippen LogP contribution is -2.21. The van der Waals surface area contributed by atoms with Crippen molar-refractivity contribution in [1.82, 2.24) is 0 Å². The van der Waals surface area contributed by atoms with Gasteiger partial charge in [-0.15, -0.1) is 35.5 Å². The normalized spacial score (nSPS) is 28.0. The van der Waals surface area contributed by atoms with E-state index in [-0.39, 0.29) is 53.6 Å². The summed E-state index contributed by atoms with van der Waals surface area (Å²) in [6, 6.07) is 0. The van der Waals surface area contributed by atoms with Crippen LogP contribution < -0.4 is 0 Å². The lowest BCUT2D eigenvalue weighted by Gasteiger charge is -2.20. The summed E-state index contributed by atoms with van der Waals surface area (Å²) < 4.78 is 10.2. The average molecular weight is 1360 g/mol. The van der Waals surface area contributed by atoms with E-state index in [1.54, 1.807) is 31.9 Å². The number of hydrogen-bond acceptors (Lipinski definition) is 12. The Morgan fingerprint density at radius 1 is 0.480 bits per heavy atom. The van der Waals surface area contributed by atoms with Crippen LogP contribution in [0.25, 0.3) is 0 Å². The molecular weight excluding hydrogens is 1230 g/mol. The Labute approximate surface area is 591 Å². The number of hydrogen-bond donors (Lipinski definition) is 5. The number of esters is 2. The second-order valence-electron chi connectivity index (χ2n) is 29.6. The van der Waals surface area contributed by atoms with Crippen LogP contribution in [-0.2, 0) is 43.0 Å². The highest BCUT2D eigenvalue weighted by Gasteiger charge is 2.46. The number of carboxylic acid groups (broad SMARTS) is 2. The van der Waals surface area contributed by atoms with Crippen molar-refractivity contribution in [1.29, 1.82) is 0 Å². The maximum Gasteiger partial charge on any atom is 0.306 e. The van der Waals surface area contributed by atoms with E-state index in [1.807, 2.05) is 32.9 Å². The number of ether oxygens (including phenoxy) is 2. The van der Waals surface area contributed by atoms with Crippen LogP contribution in [0.1, 0.15) is 253 Å². The van der Waals surface area contributed by atoms with Crippen LogP contribution in [0.15, 0.2) is 71.4 Å². The Hall–Kier alpha value is -6.11. The second kappa shape index (κ2) is 47.1. The van der Waals surface area contributed by atoms with E-state index in [2.05, 4.69) is 120 Å². The summed E-state index contributed by atoms with van der Waals surface area (Å²) in [7, 11) is 0. The summed E-state index contributed by atoms with van der Waals surface area (Å²) in [5.41, 5.74) is 4.55. The number of carbonyl (C=O) groups is 7. The molecule has 548 valence electrons. The minimum Gasteiger partial charge on any atom is -0.481 e. The molecule has 6 saturated carbocycles. The Bertz CT molecular complexity index is 2770. The van der Waals surface area contributed by atoms with Gasteiger partial charge in [0.15, 0.2) is 29.6 Å². The van der Waals surface area contributed by atoms with Crippen molar-refractivity contribution >= 4 is 41.2 Å². The molecule has 14 heteroatoms. The van der Waals surface area contributed by atoms with Crippen LogP contribution >= 0.6 is 0 Å². The predicted molar refractivity (Wildman–Crippen MR) is 392 cm³/mol. The fraction of sp³-hybridized carbons (Fsp3) is 0.702. The van der Waals surface area contributed by atoms with Gasteiger partial charge in [-0.25, -0.2) is 0 Å². The Morgan fingerprint density at radius 2 is 0.806 bits per heavy atom. The SMILES string of the molecule is CC#CCC(C)[C@H](C)/C=C/[C@H]1C(C)C[C@@H]2C/C(=C\CCCC(=O)O)C[C@@H]21.CC#CCC(C)[C@H](C)/C=C/[C@H]1C(C)C[C@@H]2C/C(=C\CCCC(=O)O[C@H](C)C(C)=O)C[C@@H]21.CC#CCC(C)[C@H](O)/C=C/[C@H]1C(O)C[C@@H]2C/C(=C\CCCC(=O)O[C@H](C)C(C)=O)C[C@@H]21.CC(=O)O.CC(=O)[C@@H](C)O. The summed E-state index contributed by atoms with van der Waals surface area (Å²) in [5.74, 6) is 25.3. The van der Waals surface area contributed by atoms with E-state index in [1.165, 1.54) is 71.8 Å². The van der Waals surface area contributed by atoms with Crippen LogP contribution in [0.5, 0.6) is 0 Å². The van der Waals surface area contributed by atoms with Crippen molar-refractivity contribution in [3.05, 3.63) is 71.4 Å². The molecule has 6 rings (SSSR count). The molecule has 0 spiro atoms. The Kier molecular flexibility index (Phi) is 42.3. The topological polar surface area (TPSA) is 239 Å². The van der Waals surface area contributed by atoms with E-state index >= 15 is 0 Å². The van der Waals surface area contributed by atoms with Crippen LogP contribution in [0.4, 0.5) is 0 Å². The van der Waals surface area contributed by atoms with Crippen LogP contribution in [0.3, 0.4) is 0 Å². The second-order valence-corrected chi connectivity index (χ2v) is 29.6. The zero-order chi connectivity index (χ0) is 73.8. The molecule has 98 heavy (non-hydrogen) atoms. The maximum absolute atomic E-state index is 11.8. The molecule has 0 saturated heterocycles. The molecule has 6 aliphatic carbocycles. The number of unbranched alkanes of at least 4 members (excludes halogenated alkanes) is 3. The van der Waals surface area contributed by atoms with Gasteiger partial charge in [0.25, 0.3) is 5.97 Å². The molecule has 6 aliphatic rings. The summed E-state index contributed by atoms with van der Waals surface area (Å²) in [5, 5.41) is 45.3. The van der Waals surface area contributed by atoms with E-state index < -0.39 is 36.4 Å². The third kappa shape index (κ3) is 33.4. The van der Waals surface area contributed by atoms with Gasteiger partial charge >= 0.3 is 17.9 Å². The van der Waals surface area contributed by atoms with Crippen LogP contribution in [-0.4, -0.2) is 97.3 Å². The average Bonchev–Trinajstić information content (AvgIpc) is 1.66. The third-order valence-electron chi connectivity index (χ3n) is 21.4. The number of allylic oxidation sites excluding steroid dienone is 10. The van der Waals surface area contributed by atoms with E-state index in [0.29, 0.717) is 73.0 Å². The van der Waals surface area contributed by atoms with Crippen molar-refractivity contribution in [2.75, 3.05) is 0 Å². The highest BCUT2D eigenvalue weighted by Crippen LogP contribution is 2.55. The van der Waals surface area contributed by atoms with E-state index in [0.717, 1.165) is 107 Å². The molecule has 6 unspecified atom stereocenters. The van der Waals surface area contributed by atoms with Gasteiger partial charge in [0.05, 0.1) is 12.2 Å². The fourth-order valence-corrected chi connectivity index (χ4v) is 14.6. The molecule has 14 nitrogen and oxygen atoms in total. The summed E-state index contributed by atoms with van der Waals surface area (Å²) >= 11 is 0. The number of Topliss-reactive ketones (excluding diaryl/α,β-unsaturated/α-hetero) is 3. The zero-order valence-electron chi connectivity index (χ0n) is 63.1. The van der Waals surface area contributed by atoms with Gasteiger partial charge in [-0.3, -0.25) is 33.6 Å². The van der Waals surface area contributed by atoms with Crippen molar-refractivity contribution in [2.45, 2.75) is 283 Å². The van der Waals surface area contributed by atoms with Crippen LogP contribution in [0, 0.1) is 130 Å². The van der Waals surface area contributed by atoms with Crippen molar-refractivity contribution in [2.24, 2.45) is 94.7 Å². The molecule has 0 aromatic heterocycles. The highest BCUT2D eigenvalue weighted by molar-refractivity contribution is 5.83. The molecule has 6 fully saturated rings. The molecule has 0 radical (unpaired) electrons. The predicted octanol–water partition coefficient (Wildman–Crippen LogP) is 16.6. The zero-order valence-corrected chi connectivity index (χ0v) is 63.1. The standard InChI is InChI=1S/C28H42O3.C26H38O5.C24H36O2.C4H8O2.C2H4O2/c1-7-8-11-19(2)20(3)14-15-26-21(4)16-25-17-24(18-27(25)26)12-9-10-13-28(30)31-23(6)22(5)29;1-5-6-9-17(2)24(28)13-12-22-23-15-20(14-21(23)16-25(22)29)10-7-8-11-26(30)31-19(4)18(3)27;1-5-6-9-17(2)18(3)12-13-22-19(4)14-21-15-20(16-23(21)22)10-7-8-11-24(25)26;1-3(5)4(2)6;1-2(3)4/h12,14-15,19-21,23,25-27H,9-11,13,16-18H2,1-6H3;10,12-13,17,19,21-25,28-29H,7-9,11,14-16H2,1-4H3;10,12-13,17-19,21-23H,7-9,11,14-16H2,1-4H3,(H,25,26);3,5H,1-2H3;1H3,(H,3,4)/b15-14+,24-12+;2*13-12+,20-10+;;/t19?,20-,21?,23-,25-,26+,27+;17?,19-,21+,22-,23+,24-,25?;17?,18-,19?,21-,22+,23+;3-;/m1111./s1. The lowest BCUT2D eigenvalue weighted by atomic mass is 9.85. The van der Waals surface area contributed by atoms with Gasteiger partial charge in [-0.05, 0) is 247 Å². The molecule has 0 aliphatic heterocycles. The molecule has 0 amide bonds. The first-order valence-electron chi connectivity index (χ1n) is 36.9. The number of aliphatic hydroxyl groups excluding tert-OH is 3.